The van der Waals surface area contributed by atoms with E-state index in [9.17, 15) is 0 Å². The summed E-state index contributed by atoms with van der Waals surface area (Å²) in [4.78, 5) is 0. The van der Waals surface area contributed by atoms with Crippen molar-refractivity contribution in [1.29, 1.82) is 0 Å². The maximum Gasteiger partial charge on any atom is 0.222 e. The van der Waals surface area contributed by atoms with Gasteiger partial charge < -0.3 is 15.6 Å². The summed E-state index contributed by atoms with van der Waals surface area (Å²) in [5.41, 5.74) is 6.31. The number of hydrogen-bond acceptors (Lipinski definition) is 4. The zero-order chi connectivity index (χ0) is 6.97. The molecule has 0 aromatic carbocycles. The van der Waals surface area contributed by atoms with Gasteiger partial charge in [-0.3, -0.25) is 0 Å². The van der Waals surface area contributed by atoms with Gasteiger partial charge in [0.15, 0.2) is 0 Å². The van der Waals surface area contributed by atoms with Gasteiger partial charge in [0.1, 0.15) is 0 Å². The molecule has 2 rings (SSSR count). The van der Waals surface area contributed by atoms with E-state index in [2.05, 4.69) is 10.5 Å². The van der Waals surface area contributed by atoms with E-state index in [0.29, 0.717) is 11.8 Å². The van der Waals surface area contributed by atoms with Crippen molar-refractivity contribution in [2.24, 2.45) is 0 Å². The van der Waals surface area contributed by atoms with Crippen LogP contribution in [0.25, 0.3) is 0 Å². The lowest BCUT2D eigenvalue weighted by Gasteiger charge is -2.24. The normalized spacial score (nSPS) is 18.8. The SMILES string of the molecule is Nc1cc(C2CNC2)no1. The predicted molar refractivity (Wildman–Crippen MR) is 36.5 cm³/mol. The number of nitrogens with two attached hydrogens (primary N) is 1. The van der Waals surface area contributed by atoms with Gasteiger partial charge in [-0.05, 0) is 0 Å². The third-order valence-corrected chi connectivity index (χ3v) is 1.75. The monoisotopic (exact) mass is 139 g/mol. The molecule has 0 bridgehead atoms. The Bertz CT molecular complexity index is 229. The fourth-order valence-electron chi connectivity index (χ4n) is 0.994. The van der Waals surface area contributed by atoms with Crippen LogP contribution >= 0.6 is 0 Å². The molecular weight excluding hydrogens is 130 g/mol. The van der Waals surface area contributed by atoms with E-state index in [4.69, 9.17) is 10.3 Å². The molecule has 4 heteroatoms. The summed E-state index contributed by atoms with van der Waals surface area (Å²) in [7, 11) is 0. The van der Waals surface area contributed by atoms with Crippen molar-refractivity contribution in [3.05, 3.63) is 11.8 Å². The highest BCUT2D eigenvalue weighted by molar-refractivity contribution is 5.27. The van der Waals surface area contributed by atoms with Crippen molar-refractivity contribution >= 4 is 5.88 Å². The predicted octanol–water partition coefficient (Wildman–Crippen LogP) is -0.0564. The van der Waals surface area contributed by atoms with E-state index in [-0.39, 0.29) is 0 Å². The van der Waals surface area contributed by atoms with Crippen molar-refractivity contribution in [2.75, 3.05) is 18.8 Å². The van der Waals surface area contributed by atoms with E-state index in [1.165, 1.54) is 0 Å². The number of nitrogens with zero attached hydrogens (tertiary/aromatic N) is 1. The molecule has 0 aliphatic carbocycles. The van der Waals surface area contributed by atoms with Gasteiger partial charge in [0, 0.05) is 25.1 Å². The van der Waals surface area contributed by atoms with E-state index < -0.39 is 0 Å². The van der Waals surface area contributed by atoms with E-state index in [1.54, 1.807) is 6.07 Å². The van der Waals surface area contributed by atoms with Gasteiger partial charge >= 0.3 is 0 Å². The molecular formula is C6H9N3O. The maximum absolute atomic E-state index is 5.35. The highest BCUT2D eigenvalue weighted by Crippen LogP contribution is 2.19. The van der Waals surface area contributed by atoms with Gasteiger partial charge in [-0.25, -0.2) is 0 Å². The summed E-state index contributed by atoms with van der Waals surface area (Å²) >= 11 is 0. The molecule has 0 unspecified atom stereocenters. The molecule has 0 saturated carbocycles. The maximum atomic E-state index is 5.35. The number of nitrogen functional groups attached to an aromatic ring is 1. The largest absolute Gasteiger partial charge is 0.368 e. The van der Waals surface area contributed by atoms with Crippen molar-refractivity contribution in [3.8, 4) is 0 Å². The third-order valence-electron chi connectivity index (χ3n) is 1.75. The molecule has 1 fully saturated rings. The molecule has 10 heavy (non-hydrogen) atoms. The van der Waals surface area contributed by atoms with Crippen LogP contribution in [0.15, 0.2) is 10.6 Å². The Hall–Kier alpha value is -1.03. The van der Waals surface area contributed by atoms with Crippen molar-refractivity contribution < 1.29 is 4.52 Å². The number of hydrogen-bond donors (Lipinski definition) is 2. The van der Waals surface area contributed by atoms with Gasteiger partial charge in [-0.2, -0.15) is 0 Å². The minimum absolute atomic E-state index is 0.405. The first-order chi connectivity index (χ1) is 4.86. The van der Waals surface area contributed by atoms with Crippen LogP contribution in [-0.2, 0) is 0 Å². The van der Waals surface area contributed by atoms with E-state index >= 15 is 0 Å². The average molecular weight is 139 g/mol. The lowest BCUT2D eigenvalue weighted by molar-refractivity contribution is 0.385. The first-order valence-electron chi connectivity index (χ1n) is 3.29. The van der Waals surface area contributed by atoms with Gasteiger partial charge in [-0.1, -0.05) is 5.16 Å². The van der Waals surface area contributed by atoms with Crippen LogP contribution in [0.5, 0.6) is 0 Å². The van der Waals surface area contributed by atoms with Crippen LogP contribution in [-0.4, -0.2) is 18.2 Å². The molecule has 1 saturated heterocycles. The van der Waals surface area contributed by atoms with Gasteiger partial charge in [0.2, 0.25) is 5.88 Å². The van der Waals surface area contributed by atoms with Gasteiger partial charge in [-0.15, -0.1) is 0 Å². The smallest absolute Gasteiger partial charge is 0.222 e. The molecule has 0 amide bonds. The third kappa shape index (κ3) is 0.769. The molecule has 0 atom stereocenters. The molecule has 3 N–H and O–H groups in total. The quantitative estimate of drug-likeness (QED) is 0.572. The Morgan fingerprint density at radius 1 is 1.70 bits per heavy atom. The van der Waals surface area contributed by atoms with Crippen molar-refractivity contribution in [2.45, 2.75) is 5.92 Å². The van der Waals surface area contributed by atoms with Crippen LogP contribution in [0, 0.1) is 0 Å². The van der Waals surface area contributed by atoms with Crippen LogP contribution in [0.2, 0.25) is 0 Å². The van der Waals surface area contributed by atoms with Crippen LogP contribution in [0.1, 0.15) is 11.6 Å². The number of aromatic nitrogens is 1. The molecule has 0 spiro atoms. The van der Waals surface area contributed by atoms with Crippen LogP contribution < -0.4 is 11.1 Å². The van der Waals surface area contributed by atoms with Crippen molar-refractivity contribution in [3.63, 3.8) is 0 Å². The highest BCUT2D eigenvalue weighted by Gasteiger charge is 2.21. The lowest BCUT2D eigenvalue weighted by Crippen LogP contribution is -2.40. The summed E-state index contributed by atoms with van der Waals surface area (Å²) in [6.07, 6.45) is 0. The van der Waals surface area contributed by atoms with E-state index in [1.807, 2.05) is 0 Å². The second-order valence-electron chi connectivity index (χ2n) is 2.51. The van der Waals surface area contributed by atoms with Crippen LogP contribution in [0.4, 0.5) is 5.88 Å². The summed E-state index contributed by atoms with van der Waals surface area (Å²) in [6, 6.07) is 1.78. The van der Waals surface area contributed by atoms with E-state index in [0.717, 1.165) is 18.8 Å². The second kappa shape index (κ2) is 1.98. The second-order valence-corrected chi connectivity index (χ2v) is 2.51. The summed E-state index contributed by atoms with van der Waals surface area (Å²) in [6.45, 7) is 1.98. The van der Waals surface area contributed by atoms with Crippen molar-refractivity contribution in [1.82, 2.24) is 10.5 Å². The Labute approximate surface area is 58.4 Å². The highest BCUT2D eigenvalue weighted by atomic mass is 16.5. The van der Waals surface area contributed by atoms with Crippen LogP contribution in [0.3, 0.4) is 0 Å². The Balaban J connectivity index is 2.17. The molecule has 1 aromatic heterocycles. The molecule has 54 valence electrons. The van der Waals surface area contributed by atoms with Gasteiger partial charge in [0.25, 0.3) is 0 Å². The molecule has 4 nitrogen and oxygen atoms in total. The topological polar surface area (TPSA) is 64.1 Å². The summed E-state index contributed by atoms with van der Waals surface area (Å²) in [5.74, 6) is 0.919. The molecule has 2 heterocycles. The first-order valence-corrected chi connectivity index (χ1v) is 3.29. The summed E-state index contributed by atoms with van der Waals surface area (Å²) < 4.78 is 4.72. The Kier molecular flexibility index (Phi) is 1.14. The first kappa shape index (κ1) is 5.73. The molecule has 0 radical (unpaired) electrons. The standard InChI is InChI=1S/C6H9N3O/c7-6-1-5(9-10-6)4-2-8-3-4/h1,4,8H,2-3,7H2. The average Bonchev–Trinajstić information content (AvgIpc) is 2.10. The Morgan fingerprint density at radius 2 is 2.50 bits per heavy atom. The van der Waals surface area contributed by atoms with Gasteiger partial charge in [0.05, 0.1) is 5.69 Å². The minimum atomic E-state index is 0.405. The zero-order valence-electron chi connectivity index (χ0n) is 5.50. The fraction of sp³-hybridized carbons (Fsp3) is 0.500. The summed E-state index contributed by atoms with van der Waals surface area (Å²) in [5, 5.41) is 6.94. The number of rotatable bonds is 1. The molecule has 1 aromatic rings. The number of nitrogens with one attached hydrogen (secondary N) is 1. The minimum Gasteiger partial charge on any atom is -0.368 e. The molecule has 1 aliphatic heterocycles. The molecule has 1 aliphatic rings. The lowest BCUT2D eigenvalue weighted by atomic mass is 10.00. The Morgan fingerprint density at radius 3 is 2.90 bits per heavy atom. The fourth-order valence-corrected chi connectivity index (χ4v) is 0.994. The zero-order valence-corrected chi connectivity index (χ0v) is 5.50. The number of anilines is 1.